The molecule has 1 aromatic rings. The third-order valence-electron chi connectivity index (χ3n) is 7.39. The number of hydrogen-bond donors (Lipinski definition) is 1. The van der Waals surface area contributed by atoms with Gasteiger partial charge in [-0.3, -0.25) is 0 Å². The van der Waals surface area contributed by atoms with Gasteiger partial charge in [-0.05, 0) is 44.1 Å². The molecule has 0 radical (unpaired) electrons. The van der Waals surface area contributed by atoms with E-state index in [2.05, 4.69) is 37.9 Å². The van der Waals surface area contributed by atoms with Gasteiger partial charge < -0.3 is 29.0 Å². The van der Waals surface area contributed by atoms with Crippen molar-refractivity contribution < 1.29 is 24.1 Å². The lowest BCUT2D eigenvalue weighted by Gasteiger charge is -2.57. The Morgan fingerprint density at radius 1 is 1.07 bits per heavy atom. The first kappa shape index (κ1) is 20.9. The zero-order chi connectivity index (χ0) is 20.9. The number of aliphatic hydroxyl groups is 1. The highest BCUT2D eigenvalue weighted by atomic mass is 16.7. The number of methoxy groups -OCH3 is 2. The van der Waals surface area contributed by atoms with Crippen molar-refractivity contribution in [2.75, 3.05) is 47.6 Å². The Labute approximate surface area is 174 Å². The van der Waals surface area contributed by atoms with E-state index in [9.17, 15) is 5.11 Å². The molecule has 2 heterocycles. The largest absolute Gasteiger partial charge is 0.493 e. The Balaban J connectivity index is 1.73. The smallest absolute Gasteiger partial charge is 0.174 e. The van der Waals surface area contributed by atoms with E-state index in [0.29, 0.717) is 13.2 Å². The number of aliphatic hydroxyl groups excluding tert-OH is 1. The van der Waals surface area contributed by atoms with Crippen LogP contribution < -0.4 is 9.47 Å². The van der Waals surface area contributed by atoms with Crippen molar-refractivity contribution in [1.29, 1.82) is 0 Å². The quantitative estimate of drug-likeness (QED) is 0.831. The van der Waals surface area contributed by atoms with Gasteiger partial charge in [-0.25, -0.2) is 0 Å². The molecule has 3 atom stereocenters. The van der Waals surface area contributed by atoms with Gasteiger partial charge in [-0.1, -0.05) is 19.9 Å². The van der Waals surface area contributed by atoms with Crippen LogP contribution in [0.2, 0.25) is 0 Å². The molecule has 6 nitrogen and oxygen atoms in total. The fourth-order valence-corrected chi connectivity index (χ4v) is 5.79. The van der Waals surface area contributed by atoms with Gasteiger partial charge in [0.1, 0.15) is 0 Å². The molecule has 1 aromatic carbocycles. The summed E-state index contributed by atoms with van der Waals surface area (Å²) >= 11 is 0. The highest BCUT2D eigenvalue weighted by molar-refractivity contribution is 5.47. The highest BCUT2D eigenvalue weighted by Gasteiger charge is 2.62. The van der Waals surface area contributed by atoms with Crippen molar-refractivity contribution in [2.24, 2.45) is 11.3 Å². The van der Waals surface area contributed by atoms with Crippen molar-refractivity contribution in [3.63, 3.8) is 0 Å². The molecule has 1 aliphatic carbocycles. The Morgan fingerprint density at radius 2 is 1.76 bits per heavy atom. The van der Waals surface area contributed by atoms with Gasteiger partial charge in [0, 0.05) is 23.3 Å². The number of nitrogens with zero attached hydrogens (tertiary/aromatic N) is 1. The van der Waals surface area contributed by atoms with E-state index in [1.54, 1.807) is 14.2 Å². The van der Waals surface area contributed by atoms with Crippen molar-refractivity contribution >= 4 is 0 Å². The van der Waals surface area contributed by atoms with Crippen LogP contribution in [0.3, 0.4) is 0 Å². The minimum atomic E-state index is -0.701. The summed E-state index contributed by atoms with van der Waals surface area (Å²) in [6.45, 7) is 6.66. The summed E-state index contributed by atoms with van der Waals surface area (Å²) in [7, 11) is 5.49. The number of ether oxygens (including phenoxy) is 4. The van der Waals surface area contributed by atoms with Gasteiger partial charge >= 0.3 is 0 Å². The molecule has 162 valence electrons. The molecule has 6 heteroatoms. The predicted molar refractivity (Wildman–Crippen MR) is 110 cm³/mol. The first-order valence-corrected chi connectivity index (χ1v) is 10.6. The molecule has 2 aliphatic heterocycles. The minimum Gasteiger partial charge on any atom is -0.493 e. The Bertz CT molecular complexity index is 741. The summed E-state index contributed by atoms with van der Waals surface area (Å²) < 4.78 is 23.8. The predicted octanol–water partition coefficient (Wildman–Crippen LogP) is 2.82. The van der Waals surface area contributed by atoms with Crippen LogP contribution in [0.1, 0.15) is 38.7 Å². The fraction of sp³-hybridized carbons (Fsp3) is 0.739. The zero-order valence-corrected chi connectivity index (χ0v) is 18.4. The van der Waals surface area contributed by atoms with Crippen LogP contribution in [-0.4, -0.2) is 69.5 Å². The summed E-state index contributed by atoms with van der Waals surface area (Å²) in [6.07, 6.45) is 2.78. The van der Waals surface area contributed by atoms with E-state index in [1.165, 1.54) is 5.56 Å². The number of rotatable bonds is 4. The molecular formula is C23H35NO5. The molecule has 2 saturated heterocycles. The third kappa shape index (κ3) is 3.25. The lowest BCUT2D eigenvalue weighted by Crippen LogP contribution is -2.65. The molecule has 29 heavy (non-hydrogen) atoms. The van der Waals surface area contributed by atoms with Crippen LogP contribution in [0.4, 0.5) is 0 Å². The Morgan fingerprint density at radius 3 is 2.38 bits per heavy atom. The van der Waals surface area contributed by atoms with E-state index in [0.717, 1.165) is 37.3 Å². The number of fused-ring (bicyclic) bond motifs is 1. The molecule has 1 spiro atoms. The normalized spacial score (nSPS) is 33.4. The van der Waals surface area contributed by atoms with E-state index in [4.69, 9.17) is 18.9 Å². The molecule has 3 aliphatic rings. The van der Waals surface area contributed by atoms with Gasteiger partial charge in [-0.2, -0.15) is 0 Å². The van der Waals surface area contributed by atoms with Crippen molar-refractivity contribution in [1.82, 2.24) is 4.90 Å². The second-order valence-electron chi connectivity index (χ2n) is 9.74. The average Bonchev–Trinajstić information content (AvgIpc) is 3.07. The average molecular weight is 406 g/mol. The zero-order valence-electron chi connectivity index (χ0n) is 18.4. The van der Waals surface area contributed by atoms with Crippen molar-refractivity contribution in [2.45, 2.75) is 50.4 Å². The highest BCUT2D eigenvalue weighted by Crippen LogP contribution is 2.56. The van der Waals surface area contributed by atoms with Gasteiger partial charge in [0.25, 0.3) is 0 Å². The van der Waals surface area contributed by atoms with Gasteiger partial charge in [-0.15, -0.1) is 0 Å². The van der Waals surface area contributed by atoms with Crippen LogP contribution in [0.5, 0.6) is 11.5 Å². The summed E-state index contributed by atoms with van der Waals surface area (Å²) in [5, 5.41) is 10.5. The fourth-order valence-electron chi connectivity index (χ4n) is 5.79. The summed E-state index contributed by atoms with van der Waals surface area (Å²) in [5.74, 6) is 0.684. The first-order valence-electron chi connectivity index (χ1n) is 10.6. The molecule has 3 fully saturated rings. The first-order chi connectivity index (χ1) is 13.8. The third-order valence-corrected chi connectivity index (χ3v) is 7.39. The van der Waals surface area contributed by atoms with Crippen LogP contribution in [0.15, 0.2) is 18.2 Å². The lowest BCUT2D eigenvalue weighted by atomic mass is 9.60. The van der Waals surface area contributed by atoms with E-state index in [1.807, 2.05) is 6.07 Å². The molecule has 1 saturated carbocycles. The second-order valence-corrected chi connectivity index (χ2v) is 9.74. The van der Waals surface area contributed by atoms with Gasteiger partial charge in [0.2, 0.25) is 0 Å². The number of hydrogen-bond acceptors (Lipinski definition) is 6. The Kier molecular flexibility index (Phi) is 5.35. The van der Waals surface area contributed by atoms with Gasteiger partial charge in [0.05, 0.1) is 40.0 Å². The van der Waals surface area contributed by atoms with Crippen LogP contribution in [-0.2, 0) is 14.9 Å². The van der Waals surface area contributed by atoms with Crippen molar-refractivity contribution in [3.05, 3.63) is 23.8 Å². The van der Waals surface area contributed by atoms with Crippen LogP contribution in [0, 0.1) is 11.3 Å². The van der Waals surface area contributed by atoms with Gasteiger partial charge in [0.15, 0.2) is 17.3 Å². The summed E-state index contributed by atoms with van der Waals surface area (Å²) in [6, 6.07) is 6.40. The SMILES string of the molecule is COc1ccc([C@]23CCN(C)[C@H]2[C@H](CO)C2(CC3)OCC(C)(C)CO2)cc1OC. The van der Waals surface area contributed by atoms with Crippen LogP contribution >= 0.6 is 0 Å². The number of likely N-dealkylation sites (N-methyl/N-ethyl adjacent to an activating group) is 1. The maximum absolute atomic E-state index is 10.5. The van der Waals surface area contributed by atoms with Crippen LogP contribution in [0.25, 0.3) is 0 Å². The standard InChI is InChI=1S/C23H35NO5/c1-21(2)14-28-23(29-15-21)9-8-22(10-11-24(3)20(22)17(23)13-25)16-6-7-18(26-4)19(12-16)27-5/h6-7,12,17,20,25H,8-11,13-15H2,1-5H3/t17-,20-,22-/m0/s1. The number of likely N-dealkylation sites (tertiary alicyclic amines) is 1. The molecule has 0 bridgehead atoms. The molecule has 0 amide bonds. The van der Waals surface area contributed by atoms with E-state index in [-0.39, 0.29) is 29.4 Å². The Hall–Kier alpha value is -1.34. The van der Waals surface area contributed by atoms with Crippen molar-refractivity contribution in [3.8, 4) is 11.5 Å². The summed E-state index contributed by atoms with van der Waals surface area (Å²) in [4.78, 5) is 2.38. The lowest BCUT2D eigenvalue weighted by molar-refractivity contribution is -0.345. The molecule has 1 N–H and O–H groups in total. The minimum absolute atomic E-state index is 0.00468. The monoisotopic (exact) mass is 405 g/mol. The maximum Gasteiger partial charge on any atom is 0.174 e. The second kappa shape index (κ2) is 7.41. The number of benzene rings is 1. The molecule has 4 rings (SSSR count). The van der Waals surface area contributed by atoms with E-state index >= 15 is 0 Å². The maximum atomic E-state index is 10.5. The molecule has 0 unspecified atom stereocenters. The molecular weight excluding hydrogens is 370 g/mol. The topological polar surface area (TPSA) is 60.4 Å². The van der Waals surface area contributed by atoms with E-state index < -0.39 is 5.79 Å². The molecule has 0 aromatic heterocycles. The summed E-state index contributed by atoms with van der Waals surface area (Å²) in [5.41, 5.74) is 1.19.